The monoisotopic (exact) mass is 677 g/mol. The van der Waals surface area contributed by atoms with Crippen molar-refractivity contribution in [3.63, 3.8) is 0 Å². The van der Waals surface area contributed by atoms with Gasteiger partial charge in [0.25, 0.3) is 0 Å². The molecule has 0 saturated heterocycles. The van der Waals surface area contributed by atoms with E-state index in [0.717, 1.165) is 80.4 Å². The number of aryl methyl sites for hydroxylation is 2. The zero-order valence-electron chi connectivity index (χ0n) is 29.0. The summed E-state index contributed by atoms with van der Waals surface area (Å²) in [5.41, 5.74) is 8.20. The van der Waals surface area contributed by atoms with Crippen molar-refractivity contribution in [2.75, 3.05) is 27.4 Å². The number of ether oxygens (including phenoxy) is 4. The Bertz CT molecular complexity index is 1970. The Balaban J connectivity index is 1.02. The molecule has 6 rings (SSSR count). The highest BCUT2D eigenvalue weighted by Crippen LogP contribution is 2.39. The summed E-state index contributed by atoms with van der Waals surface area (Å²) < 4.78 is 24.8. The summed E-state index contributed by atoms with van der Waals surface area (Å²) in [6.45, 7) is 8.90. The number of benzene rings is 4. The SMILES string of the molecule is COc1ccc(C2CC(c3cc(C)c(C)c(OC)c3)=NN2C(C)=O)cc1OCCCCCOc1ccc(-c2nc3ccccc3s2)cc1C. The molecular weight excluding hydrogens is 635 g/mol. The van der Waals surface area contributed by atoms with Crippen LogP contribution in [0.1, 0.15) is 66.5 Å². The molecule has 8 nitrogen and oxygen atoms in total. The van der Waals surface area contributed by atoms with Gasteiger partial charge in [0.2, 0.25) is 5.91 Å². The number of hydrogen-bond acceptors (Lipinski definition) is 8. The van der Waals surface area contributed by atoms with E-state index < -0.39 is 0 Å². The second-order valence-electron chi connectivity index (χ2n) is 12.4. The van der Waals surface area contributed by atoms with Crippen LogP contribution in [0, 0.1) is 20.8 Å². The highest BCUT2D eigenvalue weighted by atomic mass is 32.1. The first-order valence-electron chi connectivity index (χ1n) is 16.7. The van der Waals surface area contributed by atoms with Crippen LogP contribution in [-0.2, 0) is 4.79 Å². The fraction of sp³-hybridized carbons (Fsp3) is 0.325. The molecule has 0 saturated carbocycles. The molecule has 0 N–H and O–H groups in total. The maximum atomic E-state index is 12.7. The Morgan fingerprint density at radius 3 is 2.22 bits per heavy atom. The maximum absolute atomic E-state index is 12.7. The molecule has 0 bridgehead atoms. The first-order chi connectivity index (χ1) is 23.7. The average molecular weight is 678 g/mol. The molecule has 1 aliphatic rings. The minimum atomic E-state index is -0.246. The van der Waals surface area contributed by atoms with Gasteiger partial charge in [0.1, 0.15) is 16.5 Å². The largest absolute Gasteiger partial charge is 0.496 e. The van der Waals surface area contributed by atoms with Gasteiger partial charge in [0.05, 0.1) is 49.4 Å². The summed E-state index contributed by atoms with van der Waals surface area (Å²) in [6, 6.07) is 24.2. The second kappa shape index (κ2) is 15.1. The quantitative estimate of drug-likeness (QED) is 0.116. The Labute approximate surface area is 292 Å². The molecule has 0 spiro atoms. The Kier molecular flexibility index (Phi) is 10.5. The first kappa shape index (κ1) is 34.0. The molecule has 2 heterocycles. The fourth-order valence-electron chi connectivity index (χ4n) is 6.14. The molecule has 5 aromatic rings. The Morgan fingerprint density at radius 1 is 0.796 bits per heavy atom. The van der Waals surface area contributed by atoms with Crippen LogP contribution in [0.3, 0.4) is 0 Å². The van der Waals surface area contributed by atoms with Gasteiger partial charge in [-0.1, -0.05) is 18.2 Å². The zero-order valence-corrected chi connectivity index (χ0v) is 29.9. The predicted molar refractivity (Wildman–Crippen MR) is 197 cm³/mol. The summed E-state index contributed by atoms with van der Waals surface area (Å²) in [7, 11) is 3.31. The van der Waals surface area contributed by atoms with E-state index in [1.165, 1.54) is 4.70 Å². The van der Waals surface area contributed by atoms with E-state index in [0.29, 0.717) is 31.1 Å². The molecular formula is C40H43N3O5S. The van der Waals surface area contributed by atoms with E-state index in [1.54, 1.807) is 37.5 Å². The number of aromatic nitrogens is 1. The molecule has 0 radical (unpaired) electrons. The number of nitrogens with zero attached hydrogens (tertiary/aromatic N) is 3. The molecule has 4 aromatic carbocycles. The van der Waals surface area contributed by atoms with Gasteiger partial charge < -0.3 is 18.9 Å². The van der Waals surface area contributed by atoms with Gasteiger partial charge in [-0.05, 0) is 117 Å². The molecule has 1 amide bonds. The molecule has 0 fully saturated rings. The number of methoxy groups -OCH3 is 2. The third kappa shape index (κ3) is 7.57. The molecule has 254 valence electrons. The van der Waals surface area contributed by atoms with Crippen LogP contribution >= 0.6 is 11.3 Å². The van der Waals surface area contributed by atoms with Crippen molar-refractivity contribution in [3.8, 4) is 33.6 Å². The first-order valence-corrected chi connectivity index (χ1v) is 17.5. The van der Waals surface area contributed by atoms with Gasteiger partial charge in [-0.3, -0.25) is 4.79 Å². The van der Waals surface area contributed by atoms with E-state index >= 15 is 0 Å². The van der Waals surface area contributed by atoms with Crippen molar-refractivity contribution in [1.29, 1.82) is 0 Å². The molecule has 0 aliphatic carbocycles. The summed E-state index contributed by atoms with van der Waals surface area (Å²) in [6.07, 6.45) is 3.33. The van der Waals surface area contributed by atoms with Crippen molar-refractivity contribution in [2.24, 2.45) is 5.10 Å². The van der Waals surface area contributed by atoms with Crippen molar-refractivity contribution in [3.05, 3.63) is 101 Å². The minimum Gasteiger partial charge on any atom is -0.496 e. The van der Waals surface area contributed by atoms with Crippen LogP contribution in [0.4, 0.5) is 0 Å². The zero-order chi connectivity index (χ0) is 34.5. The number of para-hydroxylation sites is 1. The molecule has 1 atom stereocenters. The smallest absolute Gasteiger partial charge is 0.240 e. The van der Waals surface area contributed by atoms with Crippen LogP contribution in [0.25, 0.3) is 20.8 Å². The summed E-state index contributed by atoms with van der Waals surface area (Å²) in [5, 5.41) is 7.34. The number of carbonyl (C=O) groups excluding carboxylic acids is 1. The number of thiazole rings is 1. The summed E-state index contributed by atoms with van der Waals surface area (Å²) >= 11 is 1.71. The normalized spacial score (nSPS) is 14.2. The van der Waals surface area contributed by atoms with Gasteiger partial charge in [-0.25, -0.2) is 9.99 Å². The van der Waals surface area contributed by atoms with Gasteiger partial charge in [0, 0.05) is 24.5 Å². The van der Waals surface area contributed by atoms with Crippen molar-refractivity contribution < 1.29 is 23.7 Å². The van der Waals surface area contributed by atoms with Crippen LogP contribution in [0.2, 0.25) is 0 Å². The van der Waals surface area contributed by atoms with Crippen molar-refractivity contribution >= 4 is 33.2 Å². The lowest BCUT2D eigenvalue weighted by atomic mass is 9.95. The molecule has 9 heteroatoms. The van der Waals surface area contributed by atoms with Gasteiger partial charge in [0.15, 0.2) is 11.5 Å². The summed E-state index contributed by atoms with van der Waals surface area (Å²) in [4.78, 5) is 17.5. The maximum Gasteiger partial charge on any atom is 0.240 e. The standard InChI is InChI=1S/C40H43N3O5S/c1-25-20-31(23-37(46-6)27(25)3)33-24-34(43(42-33)28(4)44)29-14-17-36(45-5)38(22-29)48-19-11-7-10-18-47-35-16-15-30(21-26(35)2)40-41-32-12-8-9-13-39(32)49-40/h8-9,12-17,20-23,34H,7,10-11,18-19,24H2,1-6H3. The van der Waals surface area contributed by atoms with Gasteiger partial charge in [-0.15, -0.1) is 11.3 Å². The lowest BCUT2D eigenvalue weighted by molar-refractivity contribution is -0.130. The number of fused-ring (bicyclic) bond motifs is 1. The highest BCUT2D eigenvalue weighted by Gasteiger charge is 2.32. The minimum absolute atomic E-state index is 0.115. The number of hydrogen-bond donors (Lipinski definition) is 0. The van der Waals surface area contributed by atoms with Crippen LogP contribution in [-0.4, -0.2) is 49.0 Å². The van der Waals surface area contributed by atoms with Crippen molar-refractivity contribution in [1.82, 2.24) is 9.99 Å². The molecule has 1 aromatic heterocycles. The average Bonchev–Trinajstić information content (AvgIpc) is 3.75. The number of carbonyl (C=O) groups is 1. The Hall–Kier alpha value is -4.89. The van der Waals surface area contributed by atoms with Crippen LogP contribution in [0.5, 0.6) is 23.0 Å². The molecule has 1 aliphatic heterocycles. The number of unbranched alkanes of at least 4 members (excludes halogenated alkanes) is 2. The van der Waals surface area contributed by atoms with E-state index in [4.69, 9.17) is 29.0 Å². The predicted octanol–water partition coefficient (Wildman–Crippen LogP) is 9.23. The highest BCUT2D eigenvalue weighted by molar-refractivity contribution is 7.21. The summed E-state index contributed by atoms with van der Waals surface area (Å²) in [5.74, 6) is 2.91. The molecule has 1 unspecified atom stereocenters. The van der Waals surface area contributed by atoms with Crippen LogP contribution in [0.15, 0.2) is 77.9 Å². The Morgan fingerprint density at radius 2 is 1.51 bits per heavy atom. The topological polar surface area (TPSA) is 82.5 Å². The number of rotatable bonds is 13. The third-order valence-corrected chi connectivity index (χ3v) is 10.1. The molecule has 49 heavy (non-hydrogen) atoms. The van der Waals surface area contributed by atoms with Crippen LogP contribution < -0.4 is 18.9 Å². The van der Waals surface area contributed by atoms with E-state index in [-0.39, 0.29) is 11.9 Å². The second-order valence-corrected chi connectivity index (χ2v) is 13.4. The van der Waals surface area contributed by atoms with E-state index in [9.17, 15) is 4.79 Å². The lowest BCUT2D eigenvalue weighted by Gasteiger charge is -2.22. The number of hydrazone groups is 1. The lowest BCUT2D eigenvalue weighted by Crippen LogP contribution is -2.24. The third-order valence-electron chi connectivity index (χ3n) is 9.00. The van der Waals surface area contributed by atoms with Crippen molar-refractivity contribution in [2.45, 2.75) is 59.4 Å². The fourth-order valence-corrected chi connectivity index (χ4v) is 7.10. The van der Waals surface area contributed by atoms with Gasteiger partial charge in [-0.2, -0.15) is 5.10 Å². The van der Waals surface area contributed by atoms with E-state index in [2.05, 4.69) is 38.1 Å². The van der Waals surface area contributed by atoms with Gasteiger partial charge >= 0.3 is 0 Å². The number of amides is 1. The van der Waals surface area contributed by atoms with E-state index in [1.807, 2.05) is 55.5 Å².